The molecule has 3 nitrogen and oxygen atoms in total. The van der Waals surface area contributed by atoms with E-state index in [2.05, 4.69) is 53.8 Å². The van der Waals surface area contributed by atoms with Gasteiger partial charge in [0.25, 0.3) is 0 Å². The Morgan fingerprint density at radius 2 is 1.77 bits per heavy atom. The topological polar surface area (TPSA) is 42.4 Å². The molecule has 215 valence electrons. The van der Waals surface area contributed by atoms with Crippen molar-refractivity contribution in [3.05, 3.63) is 69.5 Å². The van der Waals surface area contributed by atoms with Crippen molar-refractivity contribution < 1.29 is 22.7 Å². The smallest absolute Gasteiger partial charge is 0.416 e. The highest BCUT2D eigenvalue weighted by molar-refractivity contribution is 6.74. The maximum absolute atomic E-state index is 13.3. The van der Waals surface area contributed by atoms with Crippen LogP contribution in [0.2, 0.25) is 18.1 Å². The van der Waals surface area contributed by atoms with E-state index < -0.39 is 26.2 Å². The standard InChI is InChI=1S/C32H44F3NO2Si/c1-9-23-28(29(37)21-14-16-22(17-15-21)32(33,34)35)26(20-12-10-11-13-20)27-24(36-23)18-31(5,6)19-25(27)38-39(7,8)30(2,3)4/h12,14-17,25,29,37H,9-11,13,18-19H2,1-8H3/q-1/t25?,29-/m1/s1. The molecular weight excluding hydrogens is 515 g/mol. The van der Waals surface area contributed by atoms with Gasteiger partial charge in [-0.2, -0.15) is 13.2 Å². The van der Waals surface area contributed by atoms with Crippen molar-refractivity contribution in [1.29, 1.82) is 0 Å². The summed E-state index contributed by atoms with van der Waals surface area (Å²) in [7, 11) is -2.16. The molecule has 0 amide bonds. The van der Waals surface area contributed by atoms with Crippen LogP contribution in [0.1, 0.15) is 119 Å². The number of halogens is 3. The number of pyridine rings is 1. The average Bonchev–Trinajstić information content (AvgIpc) is 3.35. The zero-order chi connectivity index (χ0) is 29.0. The van der Waals surface area contributed by atoms with E-state index >= 15 is 0 Å². The number of hydrogen-bond acceptors (Lipinski definition) is 3. The molecular formula is C32H44F3NO2Si-. The zero-order valence-corrected chi connectivity index (χ0v) is 25.7. The molecule has 1 aromatic carbocycles. The Bertz CT molecular complexity index is 1240. The lowest BCUT2D eigenvalue weighted by atomic mass is 9.71. The van der Waals surface area contributed by atoms with E-state index in [0.717, 1.165) is 72.3 Å². The number of alkyl halides is 3. The minimum atomic E-state index is -4.42. The monoisotopic (exact) mass is 559 g/mol. The third-order valence-electron chi connectivity index (χ3n) is 8.90. The minimum Gasteiger partial charge on any atom is -0.559 e. The van der Waals surface area contributed by atoms with Crippen LogP contribution in [-0.4, -0.2) is 18.4 Å². The van der Waals surface area contributed by atoms with E-state index in [1.54, 1.807) is 0 Å². The molecule has 2 atom stereocenters. The Kier molecular flexibility index (Phi) is 8.05. The number of hydrogen-bond donors (Lipinski definition) is 1. The molecule has 1 heterocycles. The summed E-state index contributed by atoms with van der Waals surface area (Å²) in [4.78, 5) is 5.17. The first-order valence-corrected chi connectivity index (χ1v) is 17.1. The van der Waals surface area contributed by atoms with Crippen LogP contribution in [0.3, 0.4) is 0 Å². The first-order chi connectivity index (χ1) is 17.9. The second kappa shape index (κ2) is 10.5. The number of aromatic nitrogens is 1. The van der Waals surface area contributed by atoms with E-state index in [0.29, 0.717) is 12.0 Å². The predicted molar refractivity (Wildman–Crippen MR) is 154 cm³/mol. The van der Waals surface area contributed by atoms with Gasteiger partial charge in [0.15, 0.2) is 0 Å². The zero-order valence-electron chi connectivity index (χ0n) is 24.7. The van der Waals surface area contributed by atoms with Crippen molar-refractivity contribution in [2.45, 2.75) is 117 Å². The lowest BCUT2D eigenvalue weighted by Gasteiger charge is -2.53. The predicted octanol–water partition coefficient (Wildman–Crippen LogP) is 9.35. The Morgan fingerprint density at radius 3 is 2.28 bits per heavy atom. The molecule has 0 radical (unpaired) electrons. The summed E-state index contributed by atoms with van der Waals surface area (Å²) in [5, 5.41) is 11.8. The van der Waals surface area contributed by atoms with Gasteiger partial charge in [0.2, 0.25) is 0 Å². The van der Waals surface area contributed by atoms with Crippen molar-refractivity contribution in [3.63, 3.8) is 0 Å². The highest BCUT2D eigenvalue weighted by Crippen LogP contribution is 2.51. The maximum Gasteiger partial charge on any atom is 0.416 e. The van der Waals surface area contributed by atoms with Crippen molar-refractivity contribution in [3.8, 4) is 0 Å². The number of aliphatic hydroxyl groups is 1. The fraction of sp³-hybridized carbons (Fsp3) is 0.594. The maximum atomic E-state index is 13.3. The van der Waals surface area contributed by atoms with Crippen molar-refractivity contribution in [2.24, 2.45) is 5.41 Å². The Labute approximate surface area is 233 Å². The molecule has 0 spiro atoms. The van der Waals surface area contributed by atoms with E-state index in [-0.39, 0.29) is 16.6 Å². The number of nitrogens with zero attached hydrogens (tertiary/aromatic N) is 1. The van der Waals surface area contributed by atoms with Gasteiger partial charge in [-0.3, -0.25) is 4.98 Å². The fourth-order valence-electron chi connectivity index (χ4n) is 5.79. The lowest BCUT2D eigenvalue weighted by molar-refractivity contribution is -0.137. The molecule has 0 saturated carbocycles. The van der Waals surface area contributed by atoms with E-state index in [1.165, 1.54) is 17.7 Å². The van der Waals surface area contributed by atoms with Gasteiger partial charge in [0, 0.05) is 28.6 Å². The fourth-order valence-corrected chi connectivity index (χ4v) is 7.06. The number of aryl methyl sites for hydroxylation is 1. The highest BCUT2D eigenvalue weighted by atomic mass is 28.4. The van der Waals surface area contributed by atoms with Gasteiger partial charge in [0.1, 0.15) is 6.10 Å². The summed E-state index contributed by atoms with van der Waals surface area (Å²) in [6, 6.07) is 4.89. The van der Waals surface area contributed by atoms with Crippen LogP contribution in [0.25, 0.3) is 5.57 Å². The Balaban J connectivity index is 1.95. The van der Waals surface area contributed by atoms with E-state index in [4.69, 9.17) is 9.41 Å². The Morgan fingerprint density at radius 1 is 1.13 bits per heavy atom. The summed E-state index contributed by atoms with van der Waals surface area (Å²) < 4.78 is 46.9. The van der Waals surface area contributed by atoms with Crippen LogP contribution in [0.5, 0.6) is 0 Å². The lowest BCUT2D eigenvalue weighted by Crippen LogP contribution is -2.44. The first-order valence-electron chi connectivity index (χ1n) is 14.2. The largest absolute Gasteiger partial charge is 0.559 e. The van der Waals surface area contributed by atoms with E-state index in [1.807, 2.05) is 6.92 Å². The molecule has 0 saturated heterocycles. The van der Waals surface area contributed by atoms with Crippen LogP contribution < -0.4 is 0 Å². The van der Waals surface area contributed by atoms with Crippen molar-refractivity contribution in [1.82, 2.24) is 4.98 Å². The van der Waals surface area contributed by atoms with Crippen LogP contribution in [0.4, 0.5) is 13.2 Å². The second-order valence-electron chi connectivity index (χ2n) is 13.6. The van der Waals surface area contributed by atoms with Gasteiger partial charge in [-0.25, -0.2) is 0 Å². The van der Waals surface area contributed by atoms with Gasteiger partial charge in [-0.05, 0) is 81.1 Å². The second-order valence-corrected chi connectivity index (χ2v) is 18.4. The summed E-state index contributed by atoms with van der Waals surface area (Å²) >= 11 is 0. The van der Waals surface area contributed by atoms with Gasteiger partial charge < -0.3 is 9.53 Å². The summed E-state index contributed by atoms with van der Waals surface area (Å²) in [5.41, 5.74) is 5.63. The van der Waals surface area contributed by atoms with Gasteiger partial charge in [-0.1, -0.05) is 59.8 Å². The molecule has 0 fully saturated rings. The van der Waals surface area contributed by atoms with Gasteiger partial charge >= 0.3 is 6.18 Å². The third kappa shape index (κ3) is 6.05. The molecule has 1 unspecified atom stereocenters. The molecule has 2 aliphatic carbocycles. The number of fused-ring (bicyclic) bond motifs is 1. The molecule has 4 rings (SSSR count). The Hall–Kier alpha value is -1.96. The molecule has 39 heavy (non-hydrogen) atoms. The minimum absolute atomic E-state index is 0.00687. The number of rotatable bonds is 6. The van der Waals surface area contributed by atoms with Crippen LogP contribution in [0, 0.1) is 5.41 Å². The number of aliphatic hydroxyl groups excluding tert-OH is 1. The first kappa shape index (κ1) is 30.0. The summed E-state index contributed by atoms with van der Waals surface area (Å²) in [6.45, 7) is 17.8. The van der Waals surface area contributed by atoms with Crippen LogP contribution >= 0.6 is 0 Å². The van der Waals surface area contributed by atoms with Gasteiger partial charge in [0.05, 0.1) is 5.56 Å². The molecule has 2 aliphatic rings. The normalized spacial score (nSPS) is 20.5. The summed E-state index contributed by atoms with van der Waals surface area (Å²) in [6.07, 6.45) is 1.83. The molecule has 7 heteroatoms. The van der Waals surface area contributed by atoms with E-state index in [9.17, 15) is 18.3 Å². The number of benzene rings is 1. The molecule has 1 N–H and O–H groups in total. The summed E-state index contributed by atoms with van der Waals surface area (Å²) in [5.74, 6) is 0. The molecule has 2 aromatic rings. The molecule has 0 aliphatic heterocycles. The van der Waals surface area contributed by atoms with Crippen molar-refractivity contribution >= 4 is 13.9 Å². The van der Waals surface area contributed by atoms with Gasteiger partial charge in [-0.15, -0.1) is 18.1 Å². The highest BCUT2D eigenvalue weighted by Gasteiger charge is 2.40. The third-order valence-corrected chi connectivity index (χ3v) is 13.4. The van der Waals surface area contributed by atoms with Crippen molar-refractivity contribution in [2.75, 3.05) is 0 Å². The van der Waals surface area contributed by atoms with Crippen LogP contribution in [0.15, 0.2) is 30.3 Å². The average molecular weight is 560 g/mol. The SMILES string of the molecule is CCc1nc2c(c(C3=CCCC3)c1[C@H](O)c1ccc(C(F)(F)F)cc1)C(O[Si-](C)(C)C(C)(C)C)CC(C)(C)C2. The quantitative estimate of drug-likeness (QED) is 0.359. The van der Waals surface area contributed by atoms with Crippen LogP contribution in [-0.2, 0) is 23.4 Å². The molecule has 1 aromatic heterocycles. The molecule has 0 bridgehead atoms. The number of allylic oxidation sites excluding steroid dienone is 2.